The summed E-state index contributed by atoms with van der Waals surface area (Å²) in [5, 5.41) is 7.29. The minimum absolute atomic E-state index is 0.140. The van der Waals surface area contributed by atoms with Gasteiger partial charge < -0.3 is 0 Å². The van der Waals surface area contributed by atoms with Gasteiger partial charge in [-0.25, -0.2) is 4.98 Å². The molecule has 1 aliphatic rings. The van der Waals surface area contributed by atoms with Crippen LogP contribution in [0, 0.1) is 0 Å². The Hall–Kier alpha value is -6.17. The summed E-state index contributed by atoms with van der Waals surface area (Å²) in [5.74, 6) is 1.93. The van der Waals surface area contributed by atoms with Gasteiger partial charge >= 0.3 is 0 Å². The Morgan fingerprint density at radius 2 is 1.22 bits per heavy atom. The molecule has 0 N–H and O–H groups in total. The number of fused-ring (bicyclic) bond motifs is 11. The van der Waals surface area contributed by atoms with Crippen molar-refractivity contribution in [1.29, 1.82) is 0 Å². The average Bonchev–Trinajstić information content (AvgIpc) is 3.80. The lowest BCUT2D eigenvalue weighted by atomic mass is 9.82. The number of thiophene rings is 1. The second-order valence-electron chi connectivity index (χ2n) is 14.0. The predicted octanol–water partition coefficient (Wildman–Crippen LogP) is 12.1. The average molecular weight is 671 g/mol. The van der Waals surface area contributed by atoms with Gasteiger partial charge in [0.25, 0.3) is 0 Å². The third-order valence-electron chi connectivity index (χ3n) is 10.8. The summed E-state index contributed by atoms with van der Waals surface area (Å²) in [6, 6.07) is 52.1. The number of hydrogen-bond acceptors (Lipinski definition) is 4. The molecule has 240 valence electrons. The Morgan fingerprint density at radius 3 is 2.10 bits per heavy atom. The molecule has 10 aromatic rings. The highest BCUT2D eigenvalue weighted by molar-refractivity contribution is 7.26. The van der Waals surface area contributed by atoms with E-state index in [2.05, 4.69) is 146 Å². The smallest absolute Gasteiger partial charge is 0.238 e. The molecule has 0 fully saturated rings. The molecule has 11 rings (SSSR count). The number of benzene rings is 7. The molecule has 0 unspecified atom stereocenters. The summed E-state index contributed by atoms with van der Waals surface area (Å²) < 4.78 is 4.69. The lowest BCUT2D eigenvalue weighted by Gasteiger charge is -2.21. The maximum Gasteiger partial charge on any atom is 0.238 e. The van der Waals surface area contributed by atoms with Crippen LogP contribution in [0.1, 0.15) is 25.0 Å². The quantitative estimate of drug-likeness (QED) is 0.188. The topological polar surface area (TPSA) is 43.6 Å². The first-order valence-electron chi connectivity index (χ1n) is 17.4. The van der Waals surface area contributed by atoms with Crippen molar-refractivity contribution in [2.45, 2.75) is 19.3 Å². The largest absolute Gasteiger partial charge is 0.278 e. The van der Waals surface area contributed by atoms with E-state index in [1.165, 1.54) is 64.0 Å². The van der Waals surface area contributed by atoms with Crippen LogP contribution in [0.4, 0.5) is 0 Å². The highest BCUT2D eigenvalue weighted by Gasteiger charge is 2.36. The van der Waals surface area contributed by atoms with Gasteiger partial charge in [-0.1, -0.05) is 129 Å². The number of rotatable bonds is 3. The van der Waals surface area contributed by atoms with E-state index in [0.717, 1.165) is 22.2 Å². The van der Waals surface area contributed by atoms with Crippen molar-refractivity contribution >= 4 is 64.1 Å². The van der Waals surface area contributed by atoms with Crippen LogP contribution < -0.4 is 0 Å². The van der Waals surface area contributed by atoms with E-state index in [1.807, 2.05) is 29.5 Å². The van der Waals surface area contributed by atoms with Crippen LogP contribution in [-0.4, -0.2) is 19.5 Å². The van der Waals surface area contributed by atoms with Crippen LogP contribution in [0.25, 0.3) is 92.6 Å². The normalized spacial score (nSPS) is 13.5. The van der Waals surface area contributed by atoms with Crippen LogP contribution in [-0.2, 0) is 5.41 Å². The van der Waals surface area contributed by atoms with Crippen LogP contribution in [0.3, 0.4) is 0 Å². The zero-order chi connectivity index (χ0) is 33.8. The van der Waals surface area contributed by atoms with Gasteiger partial charge in [0.05, 0.1) is 11.0 Å². The Kier molecular flexibility index (Phi) is 5.85. The van der Waals surface area contributed by atoms with Gasteiger partial charge in [-0.05, 0) is 63.4 Å². The fourth-order valence-electron chi connectivity index (χ4n) is 8.42. The molecule has 0 spiro atoms. The summed E-state index contributed by atoms with van der Waals surface area (Å²) in [6.07, 6.45) is 0. The van der Waals surface area contributed by atoms with E-state index in [4.69, 9.17) is 15.0 Å². The fourth-order valence-corrected chi connectivity index (χ4v) is 9.65. The lowest BCUT2D eigenvalue weighted by Crippen LogP contribution is -2.15. The monoisotopic (exact) mass is 670 g/mol. The molecule has 1 aliphatic carbocycles. The van der Waals surface area contributed by atoms with Gasteiger partial charge in [0.15, 0.2) is 11.6 Å². The van der Waals surface area contributed by atoms with Gasteiger partial charge in [-0.3, -0.25) is 4.57 Å². The second-order valence-corrected chi connectivity index (χ2v) is 15.1. The SMILES string of the molecule is CC1(C)c2ccccc2-c2cc3c4ccccc4n(-c4nc(-c5ccccc5)nc(-c5cc6ccccc6c6c5sc5ccccc56)n4)c3cc21. The van der Waals surface area contributed by atoms with Gasteiger partial charge in [0.1, 0.15) is 0 Å². The third kappa shape index (κ3) is 4.04. The van der Waals surface area contributed by atoms with Crippen LogP contribution in [0.5, 0.6) is 0 Å². The van der Waals surface area contributed by atoms with E-state index < -0.39 is 0 Å². The first-order valence-corrected chi connectivity index (χ1v) is 18.2. The molecule has 0 atom stereocenters. The van der Waals surface area contributed by atoms with Gasteiger partial charge in [-0.15, -0.1) is 11.3 Å². The number of para-hydroxylation sites is 1. The van der Waals surface area contributed by atoms with Crippen molar-refractivity contribution in [1.82, 2.24) is 19.5 Å². The van der Waals surface area contributed by atoms with Crippen LogP contribution in [0.15, 0.2) is 146 Å². The van der Waals surface area contributed by atoms with Crippen molar-refractivity contribution < 1.29 is 0 Å². The first-order chi connectivity index (χ1) is 25.0. The summed E-state index contributed by atoms with van der Waals surface area (Å²) in [6.45, 7) is 4.67. The maximum absolute atomic E-state index is 5.42. The molecule has 0 saturated heterocycles. The standard InChI is InChI=1S/C46H30N4S/c1-46(2)36-21-11-8-18-30(36)33-25-34-31-19-9-12-22-38(31)50(39(34)26-37(33)46)45-48-43(27-14-4-3-5-15-27)47-44(49-45)35-24-28-16-6-7-17-29(28)41-32-20-10-13-23-40(32)51-42(35)41/h3-26H,1-2H3. The highest BCUT2D eigenvalue weighted by Crippen LogP contribution is 2.51. The third-order valence-corrected chi connectivity index (χ3v) is 12.0. The Labute approximate surface area is 298 Å². The molecule has 3 aromatic heterocycles. The summed E-state index contributed by atoms with van der Waals surface area (Å²) in [7, 11) is 0. The fraction of sp³-hybridized carbons (Fsp3) is 0.0652. The minimum atomic E-state index is -0.140. The molecule has 4 nitrogen and oxygen atoms in total. The van der Waals surface area contributed by atoms with Crippen LogP contribution in [0.2, 0.25) is 0 Å². The van der Waals surface area contributed by atoms with Crippen molar-refractivity contribution in [2.75, 3.05) is 0 Å². The van der Waals surface area contributed by atoms with E-state index >= 15 is 0 Å². The number of aromatic nitrogens is 4. The van der Waals surface area contributed by atoms with Crippen molar-refractivity contribution in [3.8, 4) is 39.9 Å². The van der Waals surface area contributed by atoms with Crippen molar-refractivity contribution in [2.24, 2.45) is 0 Å². The Morgan fingerprint density at radius 1 is 0.510 bits per heavy atom. The maximum atomic E-state index is 5.42. The molecule has 51 heavy (non-hydrogen) atoms. The summed E-state index contributed by atoms with van der Waals surface area (Å²) in [5.41, 5.74) is 9.29. The summed E-state index contributed by atoms with van der Waals surface area (Å²) >= 11 is 1.81. The molecule has 0 aliphatic heterocycles. The minimum Gasteiger partial charge on any atom is -0.278 e. The zero-order valence-corrected chi connectivity index (χ0v) is 28.9. The van der Waals surface area contributed by atoms with Gasteiger partial charge in [-0.2, -0.15) is 9.97 Å². The molecule has 0 saturated carbocycles. The molecule has 3 heterocycles. The molecule has 7 aromatic carbocycles. The first kappa shape index (κ1) is 28.6. The van der Waals surface area contributed by atoms with E-state index in [1.54, 1.807) is 0 Å². The Balaban J connectivity index is 1.25. The molecular formula is C46H30N4S. The molecular weight excluding hydrogens is 641 g/mol. The van der Waals surface area contributed by atoms with Crippen LogP contribution >= 0.6 is 11.3 Å². The van der Waals surface area contributed by atoms with Crippen molar-refractivity contribution in [3.05, 3.63) is 157 Å². The zero-order valence-electron chi connectivity index (χ0n) is 28.1. The van der Waals surface area contributed by atoms with Gasteiger partial charge in [0, 0.05) is 47.5 Å². The molecule has 0 amide bonds. The van der Waals surface area contributed by atoms with E-state index in [-0.39, 0.29) is 5.41 Å². The van der Waals surface area contributed by atoms with Crippen molar-refractivity contribution in [3.63, 3.8) is 0 Å². The number of nitrogens with zero attached hydrogens (tertiary/aromatic N) is 4. The van der Waals surface area contributed by atoms with E-state index in [9.17, 15) is 0 Å². The predicted molar refractivity (Wildman–Crippen MR) is 213 cm³/mol. The van der Waals surface area contributed by atoms with Gasteiger partial charge in [0.2, 0.25) is 5.95 Å². The van der Waals surface area contributed by atoms with E-state index in [0.29, 0.717) is 17.6 Å². The molecule has 0 radical (unpaired) electrons. The molecule has 0 bridgehead atoms. The second kappa shape index (κ2) is 10.4. The lowest BCUT2D eigenvalue weighted by molar-refractivity contribution is 0.661. The molecule has 5 heteroatoms. The highest BCUT2D eigenvalue weighted by atomic mass is 32.1. The Bertz CT molecular complexity index is 3060. The number of hydrogen-bond donors (Lipinski definition) is 0. The summed E-state index contributed by atoms with van der Waals surface area (Å²) in [4.78, 5) is 15.9.